The van der Waals surface area contributed by atoms with Gasteiger partial charge in [0.05, 0.1) is 12.7 Å². The van der Waals surface area contributed by atoms with Gasteiger partial charge in [-0.1, -0.05) is 59.8 Å². The molecule has 0 aliphatic rings. The van der Waals surface area contributed by atoms with Crippen molar-refractivity contribution in [3.05, 3.63) is 71.3 Å². The molecule has 4 heteroatoms. The van der Waals surface area contributed by atoms with Crippen LogP contribution in [0, 0.1) is 0 Å². The lowest BCUT2D eigenvalue weighted by Crippen LogP contribution is -2.16. The fourth-order valence-electron chi connectivity index (χ4n) is 1.98. The number of rotatable bonds is 5. The summed E-state index contributed by atoms with van der Waals surface area (Å²) < 4.78 is 5.86. The van der Waals surface area contributed by atoms with Crippen LogP contribution in [0.3, 0.4) is 0 Å². The summed E-state index contributed by atoms with van der Waals surface area (Å²) >= 11 is 0. The fraction of sp³-hybridized carbons (Fsp3) is 0.188. The zero-order valence-electron chi connectivity index (χ0n) is 11.4. The van der Waals surface area contributed by atoms with Gasteiger partial charge >= 0.3 is 0 Å². The van der Waals surface area contributed by atoms with Crippen LogP contribution in [0.25, 0.3) is 0 Å². The molecule has 2 aromatic carbocycles. The second kappa shape index (κ2) is 6.73. The van der Waals surface area contributed by atoms with Gasteiger partial charge in [0.15, 0.2) is 5.84 Å². The Bertz CT molecular complexity index is 582. The number of ether oxygens (including phenoxy) is 1. The van der Waals surface area contributed by atoms with Gasteiger partial charge in [0.1, 0.15) is 0 Å². The lowest BCUT2D eigenvalue weighted by atomic mass is 10.1. The Labute approximate surface area is 118 Å². The molecule has 3 N–H and O–H groups in total. The molecule has 1 unspecified atom stereocenters. The number of oxime groups is 1. The fourth-order valence-corrected chi connectivity index (χ4v) is 1.98. The van der Waals surface area contributed by atoms with Crippen molar-refractivity contribution in [2.75, 3.05) is 0 Å². The quantitative estimate of drug-likeness (QED) is 0.380. The first kappa shape index (κ1) is 14.1. The van der Waals surface area contributed by atoms with Gasteiger partial charge in [0.25, 0.3) is 0 Å². The number of nitrogens with zero attached hydrogens (tertiary/aromatic N) is 1. The second-order valence-corrected chi connectivity index (χ2v) is 4.51. The molecule has 0 spiro atoms. The molecular formula is C16H18N2O2. The molecule has 0 saturated carbocycles. The summed E-state index contributed by atoms with van der Waals surface area (Å²) in [4.78, 5) is 0. The number of hydrogen-bond acceptors (Lipinski definition) is 3. The zero-order valence-corrected chi connectivity index (χ0v) is 11.4. The summed E-state index contributed by atoms with van der Waals surface area (Å²) in [6, 6.07) is 17.5. The van der Waals surface area contributed by atoms with E-state index in [1.54, 1.807) is 6.07 Å². The molecule has 4 nitrogen and oxygen atoms in total. The van der Waals surface area contributed by atoms with Gasteiger partial charge in [0, 0.05) is 5.56 Å². The van der Waals surface area contributed by atoms with Crippen molar-refractivity contribution < 1.29 is 9.94 Å². The van der Waals surface area contributed by atoms with Crippen LogP contribution in [0.5, 0.6) is 0 Å². The van der Waals surface area contributed by atoms with Crippen LogP contribution >= 0.6 is 0 Å². The van der Waals surface area contributed by atoms with Crippen LogP contribution in [0.1, 0.15) is 29.7 Å². The maximum Gasteiger partial charge on any atom is 0.170 e. The van der Waals surface area contributed by atoms with Crippen molar-refractivity contribution in [3.8, 4) is 0 Å². The first-order valence-electron chi connectivity index (χ1n) is 6.44. The van der Waals surface area contributed by atoms with E-state index in [2.05, 4.69) is 5.16 Å². The van der Waals surface area contributed by atoms with Crippen LogP contribution < -0.4 is 5.73 Å². The third-order valence-corrected chi connectivity index (χ3v) is 3.16. The Morgan fingerprint density at radius 1 is 1.15 bits per heavy atom. The third-order valence-electron chi connectivity index (χ3n) is 3.16. The van der Waals surface area contributed by atoms with Crippen LogP contribution in [0.4, 0.5) is 0 Å². The second-order valence-electron chi connectivity index (χ2n) is 4.51. The first-order chi connectivity index (χ1) is 9.72. The minimum absolute atomic E-state index is 0.0171. The molecule has 104 valence electrons. The van der Waals surface area contributed by atoms with Crippen molar-refractivity contribution in [3.63, 3.8) is 0 Å². The third kappa shape index (κ3) is 3.36. The van der Waals surface area contributed by atoms with Gasteiger partial charge in [0.2, 0.25) is 0 Å². The lowest BCUT2D eigenvalue weighted by molar-refractivity contribution is 0.0525. The highest BCUT2D eigenvalue weighted by atomic mass is 16.5. The van der Waals surface area contributed by atoms with Crippen LogP contribution in [-0.2, 0) is 11.3 Å². The van der Waals surface area contributed by atoms with Crippen molar-refractivity contribution in [2.45, 2.75) is 19.6 Å². The smallest absolute Gasteiger partial charge is 0.170 e. The van der Waals surface area contributed by atoms with E-state index in [9.17, 15) is 0 Å². The maximum absolute atomic E-state index is 8.79. The van der Waals surface area contributed by atoms with E-state index in [1.165, 1.54) is 0 Å². The molecule has 20 heavy (non-hydrogen) atoms. The number of hydrogen-bond donors (Lipinski definition) is 2. The molecule has 0 aliphatic carbocycles. The topological polar surface area (TPSA) is 67.8 Å². The van der Waals surface area contributed by atoms with E-state index in [0.717, 1.165) is 11.1 Å². The average molecular weight is 270 g/mol. The first-order valence-corrected chi connectivity index (χ1v) is 6.44. The standard InChI is InChI=1S/C16H18N2O2/c1-12(13-7-3-2-4-8-13)20-11-14-9-5-6-10-15(14)16(17)18-19/h2-10,12,19H,11H2,1H3,(H2,17,18). The minimum atomic E-state index is -0.0171. The number of nitrogens with two attached hydrogens (primary N) is 1. The zero-order chi connectivity index (χ0) is 14.4. The molecule has 0 radical (unpaired) electrons. The Morgan fingerprint density at radius 2 is 1.80 bits per heavy atom. The van der Waals surface area contributed by atoms with Crippen molar-refractivity contribution >= 4 is 5.84 Å². The summed E-state index contributed by atoms with van der Waals surface area (Å²) in [6.45, 7) is 2.41. The largest absolute Gasteiger partial charge is 0.409 e. The van der Waals surface area contributed by atoms with Crippen molar-refractivity contribution in [1.82, 2.24) is 0 Å². The van der Waals surface area contributed by atoms with E-state index in [1.807, 2.05) is 55.5 Å². The highest BCUT2D eigenvalue weighted by Gasteiger charge is 2.09. The highest BCUT2D eigenvalue weighted by Crippen LogP contribution is 2.19. The summed E-state index contributed by atoms with van der Waals surface area (Å²) in [5, 5.41) is 11.8. The molecule has 0 amide bonds. The molecule has 2 aromatic rings. The average Bonchev–Trinajstić information content (AvgIpc) is 2.53. The van der Waals surface area contributed by atoms with Gasteiger partial charge in [-0.25, -0.2) is 0 Å². The van der Waals surface area contributed by atoms with Crippen LogP contribution in [0.15, 0.2) is 59.8 Å². The molecule has 0 fully saturated rings. The Balaban J connectivity index is 2.08. The molecular weight excluding hydrogens is 252 g/mol. The molecule has 2 rings (SSSR count). The minimum Gasteiger partial charge on any atom is -0.409 e. The van der Waals surface area contributed by atoms with Crippen LogP contribution in [-0.4, -0.2) is 11.0 Å². The van der Waals surface area contributed by atoms with E-state index >= 15 is 0 Å². The van der Waals surface area contributed by atoms with Gasteiger partial charge in [-0.3, -0.25) is 0 Å². The predicted octanol–water partition coefficient (Wildman–Crippen LogP) is 3.06. The molecule has 0 heterocycles. The molecule has 1 atom stereocenters. The van der Waals surface area contributed by atoms with E-state index < -0.39 is 0 Å². The van der Waals surface area contributed by atoms with Gasteiger partial charge in [-0.15, -0.1) is 0 Å². The summed E-state index contributed by atoms with van der Waals surface area (Å²) in [7, 11) is 0. The predicted molar refractivity (Wildman–Crippen MR) is 78.6 cm³/mol. The Hall–Kier alpha value is -2.33. The SMILES string of the molecule is CC(OCc1ccccc1/C(N)=N/O)c1ccccc1. The Morgan fingerprint density at radius 3 is 2.50 bits per heavy atom. The summed E-state index contributed by atoms with van der Waals surface area (Å²) in [5.41, 5.74) is 8.36. The maximum atomic E-state index is 8.79. The summed E-state index contributed by atoms with van der Waals surface area (Å²) in [5.74, 6) is 0.0940. The summed E-state index contributed by atoms with van der Waals surface area (Å²) in [6.07, 6.45) is -0.0171. The van der Waals surface area contributed by atoms with E-state index in [-0.39, 0.29) is 11.9 Å². The molecule has 0 bridgehead atoms. The van der Waals surface area contributed by atoms with E-state index in [0.29, 0.717) is 12.2 Å². The molecule has 0 aliphatic heterocycles. The number of amidine groups is 1. The lowest BCUT2D eigenvalue weighted by Gasteiger charge is -2.15. The monoisotopic (exact) mass is 270 g/mol. The van der Waals surface area contributed by atoms with Gasteiger partial charge in [-0.2, -0.15) is 0 Å². The van der Waals surface area contributed by atoms with Gasteiger partial charge < -0.3 is 15.7 Å². The van der Waals surface area contributed by atoms with Gasteiger partial charge in [-0.05, 0) is 18.1 Å². The van der Waals surface area contributed by atoms with Crippen LogP contribution in [0.2, 0.25) is 0 Å². The Kier molecular flexibility index (Phi) is 4.74. The van der Waals surface area contributed by atoms with Crippen molar-refractivity contribution in [2.24, 2.45) is 10.9 Å². The number of benzene rings is 2. The molecule has 0 aromatic heterocycles. The van der Waals surface area contributed by atoms with Crippen molar-refractivity contribution in [1.29, 1.82) is 0 Å². The molecule has 0 saturated heterocycles. The van der Waals surface area contributed by atoms with E-state index in [4.69, 9.17) is 15.7 Å². The highest BCUT2D eigenvalue weighted by molar-refractivity contribution is 5.98. The normalized spacial score (nSPS) is 13.2.